The van der Waals surface area contributed by atoms with Crippen LogP contribution in [0.1, 0.15) is 34.3 Å². The molecule has 5 rings (SSSR count). The average Bonchev–Trinajstić information content (AvgIpc) is 3.60. The Labute approximate surface area is 180 Å². The second kappa shape index (κ2) is 7.84. The predicted octanol–water partition coefficient (Wildman–Crippen LogP) is 4.31. The molecule has 4 aromatic rings. The molecule has 1 heterocycles. The van der Waals surface area contributed by atoms with Crippen molar-refractivity contribution in [2.24, 2.45) is 0 Å². The Morgan fingerprint density at radius 3 is 2.65 bits per heavy atom. The molecule has 5 nitrogen and oxygen atoms in total. The van der Waals surface area contributed by atoms with Crippen LogP contribution in [-0.4, -0.2) is 21.5 Å². The van der Waals surface area contributed by atoms with Crippen molar-refractivity contribution in [3.05, 3.63) is 100 Å². The first-order chi connectivity index (χ1) is 15.1. The van der Waals surface area contributed by atoms with Crippen LogP contribution < -0.4 is 10.9 Å². The standard InChI is InChI=1S/C26H23N3O2/c1-17-7-8-20(25(30)28-21-10-11-21)13-23(17)19-9-12-22-24(14-19)27-16-29(26(22)31)15-18-5-3-2-4-6-18/h2-9,12-14,16,21H,10-11,15H2,1H3,(H,28,30). The molecule has 0 radical (unpaired) electrons. The molecule has 1 aliphatic carbocycles. The summed E-state index contributed by atoms with van der Waals surface area (Å²) in [5, 5.41) is 3.62. The van der Waals surface area contributed by atoms with E-state index in [0.717, 1.165) is 35.1 Å². The number of hydrogen-bond acceptors (Lipinski definition) is 3. The third kappa shape index (κ3) is 3.99. The summed E-state index contributed by atoms with van der Waals surface area (Å²) in [6.07, 6.45) is 3.72. The van der Waals surface area contributed by atoms with E-state index >= 15 is 0 Å². The molecule has 1 aromatic heterocycles. The minimum atomic E-state index is -0.0605. The van der Waals surface area contributed by atoms with Crippen LogP contribution >= 0.6 is 0 Å². The van der Waals surface area contributed by atoms with Gasteiger partial charge in [0, 0.05) is 11.6 Å². The predicted molar refractivity (Wildman–Crippen MR) is 122 cm³/mol. The van der Waals surface area contributed by atoms with E-state index in [1.165, 1.54) is 0 Å². The topological polar surface area (TPSA) is 64.0 Å². The Balaban J connectivity index is 1.49. The van der Waals surface area contributed by atoms with Gasteiger partial charge in [-0.1, -0.05) is 42.5 Å². The minimum absolute atomic E-state index is 0.0357. The maximum atomic E-state index is 13.0. The van der Waals surface area contributed by atoms with E-state index < -0.39 is 0 Å². The highest BCUT2D eigenvalue weighted by atomic mass is 16.1. The third-order valence-electron chi connectivity index (χ3n) is 5.74. The number of nitrogens with zero attached hydrogens (tertiary/aromatic N) is 2. The molecule has 1 saturated carbocycles. The summed E-state index contributed by atoms with van der Waals surface area (Å²) in [4.78, 5) is 30.0. The van der Waals surface area contributed by atoms with Crippen LogP contribution in [0.2, 0.25) is 0 Å². The summed E-state index contributed by atoms with van der Waals surface area (Å²) in [6, 6.07) is 21.6. The minimum Gasteiger partial charge on any atom is -0.349 e. The van der Waals surface area contributed by atoms with Gasteiger partial charge < -0.3 is 5.32 Å². The van der Waals surface area contributed by atoms with Crippen molar-refractivity contribution in [1.29, 1.82) is 0 Å². The zero-order chi connectivity index (χ0) is 21.4. The summed E-state index contributed by atoms with van der Waals surface area (Å²) in [7, 11) is 0. The van der Waals surface area contributed by atoms with Crippen molar-refractivity contribution in [2.45, 2.75) is 32.4 Å². The Hall–Kier alpha value is -3.73. The molecule has 5 heteroatoms. The van der Waals surface area contributed by atoms with Crippen LogP contribution in [-0.2, 0) is 6.54 Å². The number of amides is 1. The quantitative estimate of drug-likeness (QED) is 0.534. The van der Waals surface area contributed by atoms with Gasteiger partial charge >= 0.3 is 0 Å². The smallest absolute Gasteiger partial charge is 0.261 e. The average molecular weight is 409 g/mol. The molecule has 0 spiro atoms. The number of hydrogen-bond donors (Lipinski definition) is 1. The highest BCUT2D eigenvalue weighted by Gasteiger charge is 2.24. The normalized spacial score (nSPS) is 13.3. The number of carbonyl (C=O) groups is 1. The Morgan fingerprint density at radius 2 is 1.87 bits per heavy atom. The molecule has 0 bridgehead atoms. The first-order valence-electron chi connectivity index (χ1n) is 10.5. The lowest BCUT2D eigenvalue weighted by Gasteiger charge is -2.11. The van der Waals surface area contributed by atoms with Crippen molar-refractivity contribution >= 4 is 16.8 Å². The van der Waals surface area contributed by atoms with Crippen molar-refractivity contribution in [3.8, 4) is 11.1 Å². The molecule has 1 N–H and O–H groups in total. The van der Waals surface area contributed by atoms with E-state index in [4.69, 9.17) is 0 Å². The zero-order valence-electron chi connectivity index (χ0n) is 17.3. The van der Waals surface area contributed by atoms with Crippen LogP contribution in [0.3, 0.4) is 0 Å². The van der Waals surface area contributed by atoms with E-state index in [-0.39, 0.29) is 11.5 Å². The number of aryl methyl sites for hydroxylation is 1. The highest BCUT2D eigenvalue weighted by Crippen LogP contribution is 2.27. The molecule has 0 unspecified atom stereocenters. The van der Waals surface area contributed by atoms with E-state index in [9.17, 15) is 9.59 Å². The number of rotatable bonds is 5. The molecule has 3 aromatic carbocycles. The first-order valence-corrected chi connectivity index (χ1v) is 10.5. The fraction of sp³-hybridized carbons (Fsp3) is 0.192. The molecule has 1 aliphatic rings. The molecule has 1 fully saturated rings. The number of nitrogens with one attached hydrogen (secondary N) is 1. The van der Waals surface area contributed by atoms with Gasteiger partial charge in [-0.3, -0.25) is 14.2 Å². The zero-order valence-corrected chi connectivity index (χ0v) is 17.3. The van der Waals surface area contributed by atoms with E-state index in [0.29, 0.717) is 29.1 Å². The largest absolute Gasteiger partial charge is 0.349 e. The van der Waals surface area contributed by atoms with Crippen LogP contribution in [0, 0.1) is 6.92 Å². The van der Waals surface area contributed by atoms with Crippen molar-refractivity contribution in [2.75, 3.05) is 0 Å². The fourth-order valence-corrected chi connectivity index (χ4v) is 3.79. The molecular formula is C26H23N3O2. The molecule has 1 amide bonds. The maximum absolute atomic E-state index is 13.0. The Kier molecular flexibility index (Phi) is 4.86. The highest BCUT2D eigenvalue weighted by molar-refractivity contribution is 5.96. The molecule has 31 heavy (non-hydrogen) atoms. The van der Waals surface area contributed by atoms with E-state index in [1.807, 2.05) is 73.7 Å². The number of aromatic nitrogens is 2. The van der Waals surface area contributed by atoms with Crippen LogP contribution in [0.5, 0.6) is 0 Å². The van der Waals surface area contributed by atoms with Crippen molar-refractivity contribution in [3.63, 3.8) is 0 Å². The summed E-state index contributed by atoms with van der Waals surface area (Å²) in [6.45, 7) is 2.51. The Morgan fingerprint density at radius 1 is 1.06 bits per heavy atom. The third-order valence-corrected chi connectivity index (χ3v) is 5.74. The summed E-state index contributed by atoms with van der Waals surface area (Å²) in [5.41, 5.74) is 5.28. The van der Waals surface area contributed by atoms with Gasteiger partial charge in [-0.15, -0.1) is 0 Å². The number of carbonyl (C=O) groups excluding carboxylic acids is 1. The van der Waals surface area contributed by atoms with Gasteiger partial charge in [0.2, 0.25) is 0 Å². The molecule has 0 aliphatic heterocycles. The summed E-state index contributed by atoms with van der Waals surface area (Å²) in [5.74, 6) is -0.0357. The lowest BCUT2D eigenvalue weighted by atomic mass is 9.97. The van der Waals surface area contributed by atoms with Gasteiger partial charge in [-0.25, -0.2) is 4.98 Å². The van der Waals surface area contributed by atoms with Gasteiger partial charge in [0.05, 0.1) is 23.8 Å². The number of benzene rings is 3. The SMILES string of the molecule is Cc1ccc(C(=O)NC2CC2)cc1-c1ccc2c(=O)n(Cc3ccccc3)cnc2c1. The van der Waals surface area contributed by atoms with Gasteiger partial charge in [0.25, 0.3) is 11.5 Å². The van der Waals surface area contributed by atoms with Crippen LogP contribution in [0.25, 0.3) is 22.0 Å². The molecule has 0 saturated heterocycles. The molecule has 154 valence electrons. The summed E-state index contributed by atoms with van der Waals surface area (Å²) < 4.78 is 1.63. The van der Waals surface area contributed by atoms with Crippen LogP contribution in [0.4, 0.5) is 0 Å². The van der Waals surface area contributed by atoms with Crippen molar-refractivity contribution < 1.29 is 4.79 Å². The first kappa shape index (κ1) is 19.2. The molecule has 0 atom stereocenters. The maximum Gasteiger partial charge on any atom is 0.261 e. The van der Waals surface area contributed by atoms with E-state index in [1.54, 1.807) is 10.9 Å². The lowest BCUT2D eigenvalue weighted by molar-refractivity contribution is 0.0951. The summed E-state index contributed by atoms with van der Waals surface area (Å²) >= 11 is 0. The van der Waals surface area contributed by atoms with E-state index in [2.05, 4.69) is 10.3 Å². The second-order valence-corrected chi connectivity index (χ2v) is 8.17. The van der Waals surface area contributed by atoms with Gasteiger partial charge in [0.1, 0.15) is 0 Å². The number of fused-ring (bicyclic) bond motifs is 1. The van der Waals surface area contributed by atoms with Gasteiger partial charge in [-0.05, 0) is 66.3 Å². The lowest BCUT2D eigenvalue weighted by Crippen LogP contribution is -2.25. The van der Waals surface area contributed by atoms with Crippen molar-refractivity contribution in [1.82, 2.24) is 14.9 Å². The monoisotopic (exact) mass is 409 g/mol. The van der Waals surface area contributed by atoms with Gasteiger partial charge in [0.15, 0.2) is 0 Å². The van der Waals surface area contributed by atoms with Crippen LogP contribution in [0.15, 0.2) is 77.9 Å². The fourth-order valence-electron chi connectivity index (χ4n) is 3.79. The second-order valence-electron chi connectivity index (χ2n) is 8.17. The molecular weight excluding hydrogens is 386 g/mol. The Bertz CT molecular complexity index is 1340. The van der Waals surface area contributed by atoms with Gasteiger partial charge in [-0.2, -0.15) is 0 Å².